The Morgan fingerprint density at radius 2 is 2.31 bits per heavy atom. The normalized spacial score (nSPS) is 21.8. The highest BCUT2D eigenvalue weighted by Crippen LogP contribution is 2.35. The fourth-order valence-corrected chi connectivity index (χ4v) is 2.18. The van der Waals surface area contributed by atoms with Gasteiger partial charge >= 0.3 is 0 Å². The second-order valence-corrected chi connectivity index (χ2v) is 5.62. The van der Waals surface area contributed by atoms with Gasteiger partial charge in [0.1, 0.15) is 6.26 Å². The monoisotopic (exact) mass is 223 g/mol. The molecule has 1 atom stereocenters. The molecule has 90 valence electrons. The van der Waals surface area contributed by atoms with Crippen molar-refractivity contribution >= 4 is 6.01 Å². The number of hydrogen-bond acceptors (Lipinski definition) is 4. The third-order valence-corrected chi connectivity index (χ3v) is 3.43. The van der Waals surface area contributed by atoms with E-state index in [-0.39, 0.29) is 0 Å². The van der Waals surface area contributed by atoms with Crippen molar-refractivity contribution in [2.75, 3.05) is 18.0 Å². The third kappa shape index (κ3) is 2.21. The quantitative estimate of drug-likeness (QED) is 0.833. The van der Waals surface area contributed by atoms with Gasteiger partial charge in [-0.25, -0.2) is 0 Å². The van der Waals surface area contributed by atoms with Gasteiger partial charge in [-0.05, 0) is 17.8 Å². The molecule has 0 saturated carbocycles. The molecule has 1 aromatic rings. The summed E-state index contributed by atoms with van der Waals surface area (Å²) >= 11 is 0. The number of oxazole rings is 1. The van der Waals surface area contributed by atoms with Crippen LogP contribution in [-0.2, 0) is 6.54 Å². The second-order valence-electron chi connectivity index (χ2n) is 5.62. The van der Waals surface area contributed by atoms with Crippen molar-refractivity contribution in [1.82, 2.24) is 4.98 Å². The maximum atomic E-state index is 5.52. The molecule has 0 aliphatic carbocycles. The first-order valence-corrected chi connectivity index (χ1v) is 5.90. The molecule has 1 aliphatic rings. The van der Waals surface area contributed by atoms with Crippen molar-refractivity contribution in [3.05, 3.63) is 12.0 Å². The van der Waals surface area contributed by atoms with Crippen LogP contribution in [0.1, 0.15) is 32.9 Å². The molecule has 0 bridgehead atoms. The molecule has 1 unspecified atom stereocenters. The van der Waals surface area contributed by atoms with E-state index in [2.05, 4.69) is 30.7 Å². The summed E-state index contributed by atoms with van der Waals surface area (Å²) in [6, 6.07) is 0.729. The topological polar surface area (TPSA) is 55.3 Å². The van der Waals surface area contributed by atoms with Gasteiger partial charge in [0.2, 0.25) is 0 Å². The standard InChI is InChI=1S/C12H21N3O/c1-12(2,3)9-4-5-15(7-9)11-14-10(6-13)8-16-11/h8-9H,4-7,13H2,1-3H3. The first-order chi connectivity index (χ1) is 7.50. The molecule has 2 rings (SSSR count). The van der Waals surface area contributed by atoms with Crippen molar-refractivity contribution < 1.29 is 4.42 Å². The fraction of sp³-hybridized carbons (Fsp3) is 0.750. The van der Waals surface area contributed by atoms with E-state index in [1.54, 1.807) is 6.26 Å². The molecule has 1 aromatic heterocycles. The Bertz CT molecular complexity index is 353. The molecule has 0 amide bonds. The molecule has 16 heavy (non-hydrogen) atoms. The predicted octanol–water partition coefficient (Wildman–Crippen LogP) is 2.01. The average molecular weight is 223 g/mol. The lowest BCUT2D eigenvalue weighted by atomic mass is 9.80. The van der Waals surface area contributed by atoms with Crippen LogP contribution in [0.3, 0.4) is 0 Å². The Balaban J connectivity index is 2.03. The van der Waals surface area contributed by atoms with Gasteiger partial charge in [-0.1, -0.05) is 20.8 Å². The van der Waals surface area contributed by atoms with E-state index in [0.29, 0.717) is 17.9 Å². The summed E-state index contributed by atoms with van der Waals surface area (Å²) in [6.45, 7) is 9.40. The molecule has 0 spiro atoms. The van der Waals surface area contributed by atoms with Gasteiger partial charge in [-0.15, -0.1) is 0 Å². The molecule has 2 N–H and O–H groups in total. The predicted molar refractivity (Wildman–Crippen MR) is 64.2 cm³/mol. The molecule has 0 aromatic carbocycles. The average Bonchev–Trinajstić information content (AvgIpc) is 2.85. The van der Waals surface area contributed by atoms with Gasteiger partial charge in [0.25, 0.3) is 6.01 Å². The summed E-state index contributed by atoms with van der Waals surface area (Å²) in [6.07, 6.45) is 2.86. The van der Waals surface area contributed by atoms with E-state index in [0.717, 1.165) is 24.8 Å². The smallest absolute Gasteiger partial charge is 0.297 e. The number of anilines is 1. The van der Waals surface area contributed by atoms with Crippen LogP contribution in [0.25, 0.3) is 0 Å². The summed E-state index contributed by atoms with van der Waals surface area (Å²) in [5.74, 6) is 0.709. The van der Waals surface area contributed by atoms with Gasteiger partial charge in [0.15, 0.2) is 0 Å². The molecule has 0 radical (unpaired) electrons. The minimum absolute atomic E-state index is 0.359. The van der Waals surface area contributed by atoms with Gasteiger partial charge in [0.05, 0.1) is 5.69 Å². The highest BCUT2D eigenvalue weighted by molar-refractivity contribution is 5.29. The summed E-state index contributed by atoms with van der Waals surface area (Å²) in [5.41, 5.74) is 6.70. The Hall–Kier alpha value is -1.03. The van der Waals surface area contributed by atoms with Crippen LogP contribution >= 0.6 is 0 Å². The SMILES string of the molecule is CC(C)(C)C1CCN(c2nc(CN)co2)C1. The second kappa shape index (κ2) is 4.09. The van der Waals surface area contributed by atoms with E-state index in [4.69, 9.17) is 10.2 Å². The molecule has 1 aliphatic heterocycles. The lowest BCUT2D eigenvalue weighted by Crippen LogP contribution is -2.26. The summed E-state index contributed by atoms with van der Waals surface area (Å²) < 4.78 is 5.44. The van der Waals surface area contributed by atoms with Crippen LogP contribution in [0.2, 0.25) is 0 Å². The molecule has 4 nitrogen and oxygen atoms in total. The highest BCUT2D eigenvalue weighted by Gasteiger charge is 2.33. The minimum atomic E-state index is 0.359. The number of hydrogen-bond donors (Lipinski definition) is 1. The van der Waals surface area contributed by atoms with Crippen LogP contribution < -0.4 is 10.6 Å². The third-order valence-electron chi connectivity index (χ3n) is 3.43. The molecule has 2 heterocycles. The van der Waals surface area contributed by atoms with Gasteiger partial charge in [0, 0.05) is 19.6 Å². The van der Waals surface area contributed by atoms with Crippen molar-refractivity contribution in [3.63, 3.8) is 0 Å². The van der Waals surface area contributed by atoms with E-state index >= 15 is 0 Å². The first kappa shape index (κ1) is 11.5. The fourth-order valence-electron chi connectivity index (χ4n) is 2.18. The summed E-state index contributed by atoms with van der Waals surface area (Å²) in [5, 5.41) is 0. The number of nitrogens with zero attached hydrogens (tertiary/aromatic N) is 2. The first-order valence-electron chi connectivity index (χ1n) is 5.90. The van der Waals surface area contributed by atoms with Gasteiger partial charge in [-0.3, -0.25) is 0 Å². The van der Waals surface area contributed by atoms with E-state index in [9.17, 15) is 0 Å². The largest absolute Gasteiger partial charge is 0.432 e. The zero-order valence-corrected chi connectivity index (χ0v) is 10.4. The minimum Gasteiger partial charge on any atom is -0.432 e. The lowest BCUT2D eigenvalue weighted by molar-refractivity contribution is 0.263. The molecular formula is C12H21N3O. The summed E-state index contributed by atoms with van der Waals surface area (Å²) in [4.78, 5) is 6.58. The van der Waals surface area contributed by atoms with Gasteiger partial charge in [-0.2, -0.15) is 4.98 Å². The van der Waals surface area contributed by atoms with Crippen LogP contribution in [0.15, 0.2) is 10.7 Å². The maximum absolute atomic E-state index is 5.52. The van der Waals surface area contributed by atoms with Crippen molar-refractivity contribution in [3.8, 4) is 0 Å². The summed E-state index contributed by atoms with van der Waals surface area (Å²) in [7, 11) is 0. The number of rotatable bonds is 2. The van der Waals surface area contributed by atoms with Crippen molar-refractivity contribution in [1.29, 1.82) is 0 Å². The van der Waals surface area contributed by atoms with Crippen molar-refractivity contribution in [2.45, 2.75) is 33.7 Å². The number of nitrogens with two attached hydrogens (primary N) is 1. The van der Waals surface area contributed by atoms with E-state index in [1.807, 2.05) is 0 Å². The Morgan fingerprint density at radius 1 is 1.56 bits per heavy atom. The number of aromatic nitrogens is 1. The van der Waals surface area contributed by atoms with Crippen LogP contribution in [-0.4, -0.2) is 18.1 Å². The van der Waals surface area contributed by atoms with Crippen molar-refractivity contribution in [2.24, 2.45) is 17.1 Å². The maximum Gasteiger partial charge on any atom is 0.297 e. The van der Waals surface area contributed by atoms with Crippen LogP contribution in [0.5, 0.6) is 0 Å². The lowest BCUT2D eigenvalue weighted by Gasteiger charge is -2.26. The highest BCUT2D eigenvalue weighted by atomic mass is 16.4. The molecule has 1 saturated heterocycles. The van der Waals surface area contributed by atoms with Gasteiger partial charge < -0.3 is 15.1 Å². The molecule has 4 heteroatoms. The van der Waals surface area contributed by atoms with Crippen LogP contribution in [0.4, 0.5) is 6.01 Å². The molecular weight excluding hydrogens is 202 g/mol. The Kier molecular flexibility index (Phi) is 2.93. The zero-order chi connectivity index (χ0) is 11.8. The molecule has 1 fully saturated rings. The Morgan fingerprint density at radius 3 is 2.81 bits per heavy atom. The van der Waals surface area contributed by atoms with E-state index in [1.165, 1.54) is 6.42 Å². The zero-order valence-electron chi connectivity index (χ0n) is 10.4. The Labute approximate surface area is 96.8 Å². The van der Waals surface area contributed by atoms with E-state index < -0.39 is 0 Å². The van der Waals surface area contributed by atoms with Crippen LogP contribution in [0, 0.1) is 11.3 Å².